The van der Waals surface area contributed by atoms with Gasteiger partial charge in [-0.05, 0) is 43.4 Å². The number of phosphoric ester groups is 2. The largest absolute Gasteiger partial charge is 0.472 e. The number of phosphoric acid groups is 2. The molecule has 19 heteroatoms. The Morgan fingerprint density at radius 3 is 0.768 bits per heavy atom. The zero-order chi connectivity index (χ0) is 73.0. The van der Waals surface area contributed by atoms with Gasteiger partial charge in [-0.25, -0.2) is 9.13 Å². The lowest BCUT2D eigenvalue weighted by Crippen LogP contribution is -2.30. The first-order chi connectivity index (χ1) is 47.8. The molecule has 0 fully saturated rings. The lowest BCUT2D eigenvalue weighted by molar-refractivity contribution is -0.161. The van der Waals surface area contributed by atoms with E-state index >= 15 is 0 Å². The van der Waals surface area contributed by atoms with Crippen LogP contribution in [0.5, 0.6) is 0 Å². The van der Waals surface area contributed by atoms with Crippen molar-refractivity contribution in [1.82, 2.24) is 0 Å². The van der Waals surface area contributed by atoms with E-state index < -0.39 is 97.5 Å². The van der Waals surface area contributed by atoms with E-state index in [1.54, 1.807) is 0 Å². The molecular weight excluding hydrogens is 1290 g/mol. The molecule has 0 aromatic heterocycles. The van der Waals surface area contributed by atoms with Gasteiger partial charge in [0.05, 0.1) is 26.4 Å². The topological polar surface area (TPSA) is 237 Å². The Morgan fingerprint density at radius 2 is 0.515 bits per heavy atom. The summed E-state index contributed by atoms with van der Waals surface area (Å²) in [5.74, 6) is 0.201. The maximum absolute atomic E-state index is 13.1. The monoisotopic (exact) mass is 1450 g/mol. The molecule has 6 atom stereocenters. The number of ether oxygens (including phenoxy) is 4. The number of hydrogen-bond acceptors (Lipinski definition) is 15. The van der Waals surface area contributed by atoms with Crippen molar-refractivity contribution in [3.8, 4) is 0 Å². The molecule has 17 nitrogen and oxygen atoms in total. The Labute approximate surface area is 607 Å². The van der Waals surface area contributed by atoms with Crippen LogP contribution in [0.4, 0.5) is 0 Å². The summed E-state index contributed by atoms with van der Waals surface area (Å²) in [5, 5.41) is 10.6. The average Bonchev–Trinajstić information content (AvgIpc) is 1.000. The van der Waals surface area contributed by atoms with Crippen molar-refractivity contribution in [3.63, 3.8) is 0 Å². The standard InChI is InChI=1S/C80H156O17P2/c1-8-10-11-12-13-14-15-16-17-18-19-20-21-22-27-33-42-49-56-63-79(84)96-75(67-90-77(82)61-54-47-40-32-28-23-25-30-37-44-51-58-71(3)4)69-94-98(86,87)92-65-74(81)66-93-99(88,89)95-70-76(68-91-78(83)62-55-48-41-36-35-39-46-53-60-73(7)9-2)97-80(85)64-57-50-43-34-29-24-26-31-38-45-52-59-72(5)6/h71-76,81H,8-70H2,1-7H3,(H,86,87)(H,88,89)/t73?,74-,75-,76-/m1/s1. The number of esters is 4. The second kappa shape index (κ2) is 70.4. The molecule has 0 aromatic carbocycles. The van der Waals surface area contributed by atoms with Gasteiger partial charge in [0.25, 0.3) is 0 Å². The van der Waals surface area contributed by atoms with Crippen molar-refractivity contribution in [2.24, 2.45) is 17.8 Å². The van der Waals surface area contributed by atoms with Crippen LogP contribution in [-0.2, 0) is 65.4 Å². The molecule has 3 N–H and O–H groups in total. The van der Waals surface area contributed by atoms with Gasteiger partial charge in [-0.15, -0.1) is 0 Å². The third-order valence-corrected chi connectivity index (χ3v) is 20.9. The molecule has 0 heterocycles. The van der Waals surface area contributed by atoms with Gasteiger partial charge >= 0.3 is 39.5 Å². The van der Waals surface area contributed by atoms with E-state index in [-0.39, 0.29) is 25.7 Å². The van der Waals surface area contributed by atoms with Crippen LogP contribution >= 0.6 is 15.6 Å². The Morgan fingerprint density at radius 1 is 0.293 bits per heavy atom. The minimum absolute atomic E-state index is 0.106. The number of aliphatic hydroxyl groups is 1. The highest BCUT2D eigenvalue weighted by molar-refractivity contribution is 7.47. The fraction of sp³-hybridized carbons (Fsp3) is 0.950. The summed E-state index contributed by atoms with van der Waals surface area (Å²) in [6.07, 6.45) is 58.2. The number of aliphatic hydroxyl groups excluding tert-OH is 1. The number of carbonyl (C=O) groups excluding carboxylic acids is 4. The average molecular weight is 1450 g/mol. The van der Waals surface area contributed by atoms with Crippen LogP contribution in [-0.4, -0.2) is 96.7 Å². The van der Waals surface area contributed by atoms with Gasteiger partial charge in [0, 0.05) is 25.7 Å². The SMILES string of the molecule is CCCCCCCCCCCCCCCCCCCCCC(=O)O[C@H](COC(=O)CCCCCCCCCCCCCC(C)C)COP(=O)(O)OC[C@@H](O)COP(=O)(O)OC[C@@H](COC(=O)CCCCCCCCCCC(C)CC)OC(=O)CCCCCCCCCCCCCC(C)C. The molecule has 0 aliphatic carbocycles. The van der Waals surface area contributed by atoms with Gasteiger partial charge < -0.3 is 33.8 Å². The Hall–Kier alpha value is -1.94. The number of unbranched alkanes of at least 4 members (excludes halogenated alkanes) is 45. The number of carbonyl (C=O) groups is 4. The molecule has 0 rings (SSSR count). The highest BCUT2D eigenvalue weighted by atomic mass is 31.2. The van der Waals surface area contributed by atoms with Crippen molar-refractivity contribution >= 4 is 39.5 Å². The molecule has 0 bridgehead atoms. The highest BCUT2D eigenvalue weighted by Crippen LogP contribution is 2.45. The van der Waals surface area contributed by atoms with Crippen LogP contribution in [0.3, 0.4) is 0 Å². The predicted octanol–water partition coefficient (Wildman–Crippen LogP) is 23.7. The van der Waals surface area contributed by atoms with Gasteiger partial charge in [-0.3, -0.25) is 37.3 Å². The molecule has 3 unspecified atom stereocenters. The molecule has 0 saturated carbocycles. The summed E-state index contributed by atoms with van der Waals surface area (Å²) in [7, 11) is -9.92. The Balaban J connectivity index is 5.26. The van der Waals surface area contributed by atoms with Crippen molar-refractivity contribution in [3.05, 3.63) is 0 Å². The molecule has 0 saturated heterocycles. The summed E-state index contributed by atoms with van der Waals surface area (Å²) in [6, 6.07) is 0. The van der Waals surface area contributed by atoms with Crippen LogP contribution in [0.2, 0.25) is 0 Å². The summed E-state index contributed by atoms with van der Waals surface area (Å²) in [5.41, 5.74) is 0. The maximum atomic E-state index is 13.1. The predicted molar refractivity (Wildman–Crippen MR) is 405 cm³/mol. The molecule has 588 valence electrons. The molecule has 0 amide bonds. The van der Waals surface area contributed by atoms with E-state index in [4.69, 9.17) is 37.0 Å². The summed E-state index contributed by atoms with van der Waals surface area (Å²) >= 11 is 0. The van der Waals surface area contributed by atoms with Gasteiger partial charge in [-0.2, -0.15) is 0 Å². The zero-order valence-electron chi connectivity index (χ0n) is 65.0. The molecule has 0 aromatic rings. The van der Waals surface area contributed by atoms with Gasteiger partial charge in [0.15, 0.2) is 12.2 Å². The fourth-order valence-electron chi connectivity index (χ4n) is 12.3. The first kappa shape index (κ1) is 97.1. The van der Waals surface area contributed by atoms with E-state index in [0.29, 0.717) is 25.7 Å². The van der Waals surface area contributed by atoms with Crippen molar-refractivity contribution < 1.29 is 80.2 Å². The summed E-state index contributed by atoms with van der Waals surface area (Å²) in [6.45, 7) is 11.9. The Bertz CT molecular complexity index is 1920. The molecular formula is C80H156O17P2. The molecule has 99 heavy (non-hydrogen) atoms. The normalized spacial score (nSPS) is 14.3. The van der Waals surface area contributed by atoms with Crippen LogP contribution in [0.1, 0.15) is 414 Å². The van der Waals surface area contributed by atoms with Gasteiger partial charge in [-0.1, -0.05) is 363 Å². The second-order valence-electron chi connectivity index (χ2n) is 30.0. The highest BCUT2D eigenvalue weighted by Gasteiger charge is 2.30. The van der Waals surface area contributed by atoms with Crippen molar-refractivity contribution in [2.75, 3.05) is 39.6 Å². The van der Waals surface area contributed by atoms with Crippen LogP contribution < -0.4 is 0 Å². The molecule has 0 spiro atoms. The molecule has 0 aliphatic heterocycles. The van der Waals surface area contributed by atoms with E-state index in [9.17, 15) is 43.2 Å². The van der Waals surface area contributed by atoms with E-state index in [1.807, 2.05) is 0 Å². The lowest BCUT2D eigenvalue weighted by Gasteiger charge is -2.21. The van der Waals surface area contributed by atoms with Crippen molar-refractivity contribution in [1.29, 1.82) is 0 Å². The second-order valence-corrected chi connectivity index (χ2v) is 32.9. The minimum Gasteiger partial charge on any atom is -0.462 e. The number of rotatable bonds is 78. The van der Waals surface area contributed by atoms with Crippen LogP contribution in [0.15, 0.2) is 0 Å². The minimum atomic E-state index is -4.96. The Kier molecular flexibility index (Phi) is 69.0. The van der Waals surface area contributed by atoms with Crippen molar-refractivity contribution in [2.45, 2.75) is 433 Å². The molecule has 0 aliphatic rings. The van der Waals surface area contributed by atoms with E-state index in [1.165, 1.54) is 225 Å². The summed E-state index contributed by atoms with van der Waals surface area (Å²) in [4.78, 5) is 73.0. The van der Waals surface area contributed by atoms with E-state index in [0.717, 1.165) is 108 Å². The number of hydrogen-bond donors (Lipinski definition) is 3. The van der Waals surface area contributed by atoms with Crippen LogP contribution in [0.25, 0.3) is 0 Å². The van der Waals surface area contributed by atoms with Gasteiger partial charge in [0.2, 0.25) is 0 Å². The van der Waals surface area contributed by atoms with Crippen LogP contribution in [0, 0.1) is 17.8 Å². The van der Waals surface area contributed by atoms with Gasteiger partial charge in [0.1, 0.15) is 19.3 Å². The quantitative estimate of drug-likeness (QED) is 0.0222. The summed E-state index contributed by atoms with van der Waals surface area (Å²) < 4.78 is 68.7. The smallest absolute Gasteiger partial charge is 0.462 e. The fourth-order valence-corrected chi connectivity index (χ4v) is 13.9. The lowest BCUT2D eigenvalue weighted by atomic mass is 9.99. The molecule has 0 radical (unpaired) electrons. The maximum Gasteiger partial charge on any atom is 0.472 e. The van der Waals surface area contributed by atoms with E-state index in [2.05, 4.69) is 48.5 Å². The third-order valence-electron chi connectivity index (χ3n) is 19.0. The third kappa shape index (κ3) is 72.8. The zero-order valence-corrected chi connectivity index (χ0v) is 66.8. The first-order valence-corrected chi connectivity index (χ1v) is 44.4. The first-order valence-electron chi connectivity index (χ1n) is 41.4.